The molecule has 0 aromatic heterocycles. The summed E-state index contributed by atoms with van der Waals surface area (Å²) >= 11 is 0. The van der Waals surface area contributed by atoms with Gasteiger partial charge in [-0.25, -0.2) is 4.79 Å². The molecule has 3 amide bonds. The van der Waals surface area contributed by atoms with E-state index in [9.17, 15) is 29.1 Å². The van der Waals surface area contributed by atoms with E-state index in [4.69, 9.17) is 10.8 Å². The maximum absolute atomic E-state index is 12.8. The zero-order chi connectivity index (χ0) is 23.9. The summed E-state index contributed by atoms with van der Waals surface area (Å²) in [5, 5.41) is 23.1. The lowest BCUT2D eigenvalue weighted by Gasteiger charge is -2.29. The van der Waals surface area contributed by atoms with Gasteiger partial charge >= 0.3 is 11.9 Å². The van der Waals surface area contributed by atoms with Crippen molar-refractivity contribution in [2.45, 2.75) is 77.5 Å². The highest BCUT2D eigenvalue weighted by atomic mass is 16.4. The Kier molecular flexibility index (Phi) is 9.89. The van der Waals surface area contributed by atoms with Crippen LogP contribution in [0.4, 0.5) is 0 Å². The van der Waals surface area contributed by atoms with Gasteiger partial charge < -0.3 is 31.5 Å². The number of likely N-dealkylation sites (tertiary alicyclic amines) is 1. The largest absolute Gasteiger partial charge is 0.481 e. The van der Waals surface area contributed by atoms with Crippen LogP contribution in [0.1, 0.15) is 53.4 Å². The van der Waals surface area contributed by atoms with Crippen molar-refractivity contribution in [3.63, 3.8) is 0 Å². The molecule has 1 saturated heterocycles. The summed E-state index contributed by atoms with van der Waals surface area (Å²) in [4.78, 5) is 62.0. The van der Waals surface area contributed by atoms with Crippen LogP contribution in [0.3, 0.4) is 0 Å². The average Bonchev–Trinajstić information content (AvgIpc) is 3.14. The van der Waals surface area contributed by atoms with E-state index >= 15 is 0 Å². The monoisotopic (exact) mass is 442 g/mol. The van der Waals surface area contributed by atoms with E-state index in [1.807, 2.05) is 0 Å². The first kappa shape index (κ1) is 26.3. The molecule has 0 radical (unpaired) electrons. The van der Waals surface area contributed by atoms with E-state index < -0.39 is 54.3 Å². The number of nitrogens with one attached hydrogen (secondary N) is 2. The lowest BCUT2D eigenvalue weighted by atomic mass is 10.0. The highest BCUT2D eigenvalue weighted by Crippen LogP contribution is 2.20. The Morgan fingerprint density at radius 2 is 1.65 bits per heavy atom. The highest BCUT2D eigenvalue weighted by molar-refractivity contribution is 5.95. The van der Waals surface area contributed by atoms with E-state index in [0.29, 0.717) is 19.4 Å². The SMILES string of the molecule is CC(C)CC(NC(=O)C(CC(=O)O)NC(=O)C1CCCN1C(=O)C(N)C(C)C)C(=O)O. The van der Waals surface area contributed by atoms with Gasteiger partial charge in [-0.15, -0.1) is 0 Å². The molecular weight excluding hydrogens is 408 g/mol. The highest BCUT2D eigenvalue weighted by Gasteiger charge is 2.38. The molecule has 1 heterocycles. The number of nitrogens with zero attached hydrogens (tertiary/aromatic N) is 1. The number of nitrogens with two attached hydrogens (primary N) is 1. The fourth-order valence-electron chi connectivity index (χ4n) is 3.40. The van der Waals surface area contributed by atoms with Gasteiger partial charge in [-0.2, -0.15) is 0 Å². The van der Waals surface area contributed by atoms with Gasteiger partial charge in [-0.05, 0) is 31.1 Å². The molecule has 1 aliphatic rings. The molecule has 0 aromatic carbocycles. The first-order valence-electron chi connectivity index (χ1n) is 10.5. The maximum Gasteiger partial charge on any atom is 0.326 e. The van der Waals surface area contributed by atoms with Gasteiger partial charge in [0.2, 0.25) is 17.7 Å². The zero-order valence-corrected chi connectivity index (χ0v) is 18.5. The number of carbonyl (C=O) groups is 5. The summed E-state index contributed by atoms with van der Waals surface area (Å²) in [6.07, 6.45) is 0.347. The van der Waals surface area contributed by atoms with Gasteiger partial charge in [-0.3, -0.25) is 19.2 Å². The summed E-state index contributed by atoms with van der Waals surface area (Å²) in [6.45, 7) is 7.48. The molecule has 6 N–H and O–H groups in total. The third-order valence-electron chi connectivity index (χ3n) is 5.18. The van der Waals surface area contributed by atoms with Crippen molar-refractivity contribution in [1.82, 2.24) is 15.5 Å². The van der Waals surface area contributed by atoms with Crippen LogP contribution in [-0.4, -0.2) is 75.5 Å². The summed E-state index contributed by atoms with van der Waals surface area (Å²) < 4.78 is 0. The molecule has 1 aliphatic heterocycles. The molecular formula is C20H34N4O7. The van der Waals surface area contributed by atoms with Crippen LogP contribution < -0.4 is 16.4 Å². The Morgan fingerprint density at radius 1 is 1.03 bits per heavy atom. The molecule has 11 heteroatoms. The number of rotatable bonds is 11. The number of carbonyl (C=O) groups excluding carboxylic acids is 3. The molecule has 4 atom stereocenters. The molecule has 11 nitrogen and oxygen atoms in total. The van der Waals surface area contributed by atoms with Crippen LogP contribution in [0.15, 0.2) is 0 Å². The molecule has 0 saturated carbocycles. The molecule has 31 heavy (non-hydrogen) atoms. The van der Waals surface area contributed by atoms with Crippen LogP contribution >= 0.6 is 0 Å². The fraction of sp³-hybridized carbons (Fsp3) is 0.750. The molecule has 1 rings (SSSR count). The predicted octanol–water partition coefficient (Wildman–Crippen LogP) is -0.464. The van der Waals surface area contributed by atoms with Crippen LogP contribution in [0.5, 0.6) is 0 Å². The van der Waals surface area contributed by atoms with Crippen molar-refractivity contribution in [1.29, 1.82) is 0 Å². The van der Waals surface area contributed by atoms with Gasteiger partial charge in [-0.1, -0.05) is 27.7 Å². The van der Waals surface area contributed by atoms with Crippen molar-refractivity contribution < 1.29 is 34.2 Å². The summed E-state index contributed by atoms with van der Waals surface area (Å²) in [5.41, 5.74) is 5.92. The van der Waals surface area contributed by atoms with Crippen molar-refractivity contribution in [3.05, 3.63) is 0 Å². The second-order valence-corrected chi connectivity index (χ2v) is 8.65. The minimum absolute atomic E-state index is 0.0304. The van der Waals surface area contributed by atoms with E-state index in [2.05, 4.69) is 10.6 Å². The smallest absolute Gasteiger partial charge is 0.326 e. The number of amides is 3. The van der Waals surface area contributed by atoms with Gasteiger partial charge in [0, 0.05) is 6.54 Å². The first-order valence-corrected chi connectivity index (χ1v) is 10.5. The van der Waals surface area contributed by atoms with Crippen LogP contribution in [0.25, 0.3) is 0 Å². The lowest BCUT2D eigenvalue weighted by Crippen LogP contribution is -2.57. The Morgan fingerprint density at radius 3 is 2.13 bits per heavy atom. The van der Waals surface area contributed by atoms with E-state index in [1.54, 1.807) is 27.7 Å². The van der Waals surface area contributed by atoms with E-state index in [-0.39, 0.29) is 24.2 Å². The minimum atomic E-state index is -1.48. The Labute approximate surface area is 181 Å². The van der Waals surface area contributed by atoms with Crippen LogP contribution in [0, 0.1) is 11.8 Å². The maximum atomic E-state index is 12.8. The fourth-order valence-corrected chi connectivity index (χ4v) is 3.40. The Balaban J connectivity index is 2.94. The van der Waals surface area contributed by atoms with Crippen LogP contribution in [-0.2, 0) is 24.0 Å². The molecule has 1 fully saturated rings. The summed E-state index contributed by atoms with van der Waals surface area (Å²) in [7, 11) is 0. The first-order chi connectivity index (χ1) is 14.3. The van der Waals surface area contributed by atoms with Crippen molar-refractivity contribution in [3.8, 4) is 0 Å². The van der Waals surface area contributed by atoms with Crippen molar-refractivity contribution >= 4 is 29.7 Å². The van der Waals surface area contributed by atoms with E-state index in [1.165, 1.54) is 4.90 Å². The van der Waals surface area contributed by atoms with Crippen molar-refractivity contribution in [2.75, 3.05) is 6.54 Å². The molecule has 0 aromatic rings. The molecule has 0 spiro atoms. The quantitative estimate of drug-likeness (QED) is 0.285. The Bertz CT molecular complexity index is 695. The summed E-state index contributed by atoms with van der Waals surface area (Å²) in [5.74, 6) is -4.70. The number of hydrogen-bond donors (Lipinski definition) is 5. The third-order valence-corrected chi connectivity index (χ3v) is 5.18. The van der Waals surface area contributed by atoms with Gasteiger partial charge in [0.15, 0.2) is 0 Å². The summed E-state index contributed by atoms with van der Waals surface area (Å²) in [6, 6.07) is -4.34. The Hall–Kier alpha value is -2.69. The lowest BCUT2D eigenvalue weighted by molar-refractivity contribution is -0.145. The molecule has 4 unspecified atom stereocenters. The number of hydrogen-bond acceptors (Lipinski definition) is 6. The normalized spacial score (nSPS) is 19.1. The van der Waals surface area contributed by atoms with Gasteiger partial charge in [0.1, 0.15) is 18.1 Å². The zero-order valence-electron chi connectivity index (χ0n) is 18.5. The van der Waals surface area contributed by atoms with Gasteiger partial charge in [0.25, 0.3) is 0 Å². The van der Waals surface area contributed by atoms with E-state index in [0.717, 1.165) is 0 Å². The molecule has 176 valence electrons. The molecule has 0 aliphatic carbocycles. The third kappa shape index (κ3) is 7.82. The van der Waals surface area contributed by atoms with Crippen LogP contribution in [0.2, 0.25) is 0 Å². The second-order valence-electron chi connectivity index (χ2n) is 8.65. The number of carboxylic acid groups (broad SMARTS) is 2. The minimum Gasteiger partial charge on any atom is -0.481 e. The average molecular weight is 443 g/mol. The molecule has 0 bridgehead atoms. The van der Waals surface area contributed by atoms with Crippen molar-refractivity contribution in [2.24, 2.45) is 17.6 Å². The topological polar surface area (TPSA) is 179 Å². The number of carboxylic acids is 2. The number of aliphatic carboxylic acids is 2. The standard InChI is InChI=1S/C20H34N4O7/c1-10(2)8-13(20(30)31)23-17(27)12(9-15(25)26)22-18(28)14-6-5-7-24(14)19(29)16(21)11(3)4/h10-14,16H,5-9,21H2,1-4H3,(H,22,28)(H,23,27)(H,25,26)(H,30,31). The van der Waals surface area contributed by atoms with Gasteiger partial charge in [0.05, 0.1) is 12.5 Å². The second kappa shape index (κ2) is 11.6. The predicted molar refractivity (Wildman–Crippen MR) is 111 cm³/mol.